The molecule has 0 saturated carbocycles. The third kappa shape index (κ3) is 4.43. The van der Waals surface area contributed by atoms with Crippen LogP contribution in [0.5, 0.6) is 0 Å². The van der Waals surface area contributed by atoms with E-state index < -0.39 is 11.7 Å². The summed E-state index contributed by atoms with van der Waals surface area (Å²) in [5.74, 6) is -1.07. The van der Waals surface area contributed by atoms with Crippen LogP contribution in [0.15, 0.2) is 42.5 Å². The van der Waals surface area contributed by atoms with Crippen molar-refractivity contribution in [3.63, 3.8) is 0 Å². The van der Waals surface area contributed by atoms with Crippen molar-refractivity contribution in [2.45, 2.75) is 32.2 Å². The summed E-state index contributed by atoms with van der Waals surface area (Å²) in [6, 6.07) is 12.7. The largest absolute Gasteiger partial charge is 0.350 e. The molecule has 0 aliphatic carbocycles. The molecule has 2 aromatic rings. The highest BCUT2D eigenvalue weighted by atomic mass is 35.5. The Kier molecular flexibility index (Phi) is 6.28. The summed E-state index contributed by atoms with van der Waals surface area (Å²) in [5, 5.41) is 3.02. The lowest BCUT2D eigenvalue weighted by molar-refractivity contribution is 0.0920. The van der Waals surface area contributed by atoms with Gasteiger partial charge in [0.05, 0.1) is 16.6 Å². The van der Waals surface area contributed by atoms with E-state index in [1.165, 1.54) is 30.2 Å². The number of piperidine rings is 1. The van der Waals surface area contributed by atoms with Gasteiger partial charge >= 0.3 is 0 Å². The Morgan fingerprint density at radius 2 is 1.85 bits per heavy atom. The lowest BCUT2D eigenvalue weighted by atomic mass is 10.0. The van der Waals surface area contributed by atoms with Crippen LogP contribution in [-0.2, 0) is 0 Å². The topological polar surface area (TPSA) is 32.3 Å². The number of amides is 1. The van der Waals surface area contributed by atoms with Gasteiger partial charge in [-0.2, -0.15) is 0 Å². The Labute approximate surface area is 159 Å². The van der Waals surface area contributed by atoms with Gasteiger partial charge in [0.15, 0.2) is 0 Å². The molecule has 2 aromatic carbocycles. The molecule has 1 fully saturated rings. The van der Waals surface area contributed by atoms with Gasteiger partial charge in [0, 0.05) is 6.54 Å². The first kappa shape index (κ1) is 18.9. The van der Waals surface area contributed by atoms with Gasteiger partial charge in [0.1, 0.15) is 5.82 Å². The number of hydrogen-bond acceptors (Lipinski definition) is 2. The van der Waals surface area contributed by atoms with E-state index in [0.29, 0.717) is 6.54 Å². The number of likely N-dealkylation sites (tertiary alicyclic amines) is 1. The maximum atomic E-state index is 14.0. The Balaban J connectivity index is 1.77. The molecule has 1 atom stereocenters. The molecule has 1 saturated heterocycles. The summed E-state index contributed by atoms with van der Waals surface area (Å²) < 4.78 is 14.0. The van der Waals surface area contributed by atoms with Crippen molar-refractivity contribution in [2.75, 3.05) is 19.6 Å². The van der Waals surface area contributed by atoms with E-state index in [9.17, 15) is 9.18 Å². The first-order valence-corrected chi connectivity index (χ1v) is 9.47. The van der Waals surface area contributed by atoms with E-state index >= 15 is 0 Å². The molecular weight excluding hydrogens is 351 g/mol. The first-order valence-electron chi connectivity index (χ1n) is 9.09. The zero-order valence-corrected chi connectivity index (χ0v) is 15.7. The van der Waals surface area contributed by atoms with Crippen LogP contribution in [0.4, 0.5) is 4.39 Å². The van der Waals surface area contributed by atoms with Crippen LogP contribution in [0.3, 0.4) is 0 Å². The number of benzene rings is 2. The van der Waals surface area contributed by atoms with Gasteiger partial charge in [-0.25, -0.2) is 4.39 Å². The smallest absolute Gasteiger partial charge is 0.255 e. The highest BCUT2D eigenvalue weighted by Gasteiger charge is 2.24. The summed E-state index contributed by atoms with van der Waals surface area (Å²) in [6.45, 7) is 4.50. The van der Waals surface area contributed by atoms with Crippen molar-refractivity contribution in [2.24, 2.45) is 0 Å². The van der Waals surface area contributed by atoms with Crippen LogP contribution in [0, 0.1) is 12.7 Å². The molecule has 1 heterocycles. The molecule has 1 amide bonds. The van der Waals surface area contributed by atoms with Crippen LogP contribution in [-0.4, -0.2) is 30.4 Å². The van der Waals surface area contributed by atoms with E-state index in [-0.39, 0.29) is 16.6 Å². The second-order valence-corrected chi connectivity index (χ2v) is 7.24. The van der Waals surface area contributed by atoms with Crippen LogP contribution in [0.25, 0.3) is 0 Å². The predicted octanol–water partition coefficient (Wildman–Crippen LogP) is 4.74. The number of carbonyl (C=O) groups excluding carboxylic acids is 1. The predicted molar refractivity (Wildman–Crippen MR) is 103 cm³/mol. The fraction of sp³-hybridized carbons (Fsp3) is 0.381. The summed E-state index contributed by atoms with van der Waals surface area (Å²) in [7, 11) is 0. The van der Waals surface area contributed by atoms with E-state index in [1.54, 1.807) is 0 Å². The van der Waals surface area contributed by atoms with Gasteiger partial charge in [-0.05, 0) is 50.6 Å². The minimum absolute atomic E-state index is 0.0744. The van der Waals surface area contributed by atoms with Crippen LogP contribution >= 0.6 is 11.6 Å². The summed E-state index contributed by atoms with van der Waals surface area (Å²) in [5.41, 5.74) is 2.28. The first-order chi connectivity index (χ1) is 12.6. The van der Waals surface area contributed by atoms with Gasteiger partial charge in [-0.15, -0.1) is 0 Å². The summed E-state index contributed by atoms with van der Waals surface area (Å²) >= 11 is 6.01. The van der Waals surface area contributed by atoms with E-state index in [2.05, 4.69) is 41.4 Å². The zero-order chi connectivity index (χ0) is 18.5. The molecule has 26 heavy (non-hydrogen) atoms. The SMILES string of the molecule is Cc1ccc(C(CNC(=O)c2c(F)cccc2Cl)N2CCCCC2)cc1. The molecule has 1 aliphatic rings. The summed E-state index contributed by atoms with van der Waals surface area (Å²) in [6.07, 6.45) is 3.57. The second-order valence-electron chi connectivity index (χ2n) is 6.83. The molecule has 3 nitrogen and oxygen atoms in total. The third-order valence-electron chi connectivity index (χ3n) is 4.94. The quantitative estimate of drug-likeness (QED) is 0.819. The van der Waals surface area contributed by atoms with Crippen molar-refractivity contribution in [3.05, 3.63) is 70.0 Å². The molecule has 0 aromatic heterocycles. The average Bonchev–Trinajstić information content (AvgIpc) is 2.64. The van der Waals surface area contributed by atoms with Gasteiger partial charge in [0.2, 0.25) is 0 Å². The maximum Gasteiger partial charge on any atom is 0.255 e. The lowest BCUT2D eigenvalue weighted by Crippen LogP contribution is -2.40. The molecule has 0 bridgehead atoms. The summed E-state index contributed by atoms with van der Waals surface area (Å²) in [4.78, 5) is 14.9. The van der Waals surface area contributed by atoms with E-state index in [0.717, 1.165) is 31.5 Å². The minimum atomic E-state index is -0.597. The molecule has 3 rings (SSSR count). The van der Waals surface area contributed by atoms with Crippen LogP contribution in [0.2, 0.25) is 5.02 Å². The Bertz CT molecular complexity index is 737. The number of nitrogens with one attached hydrogen (secondary N) is 1. The molecule has 5 heteroatoms. The van der Waals surface area contributed by atoms with Gasteiger partial charge in [-0.1, -0.05) is 53.9 Å². The van der Waals surface area contributed by atoms with E-state index in [1.807, 2.05) is 0 Å². The number of carbonyl (C=O) groups is 1. The number of hydrogen-bond donors (Lipinski definition) is 1. The van der Waals surface area contributed by atoms with Gasteiger partial charge < -0.3 is 5.32 Å². The number of halogens is 2. The fourth-order valence-corrected chi connectivity index (χ4v) is 3.72. The standard InChI is InChI=1S/C21H24ClFN2O/c1-15-8-10-16(11-9-15)19(25-12-3-2-4-13-25)14-24-21(26)20-17(22)6-5-7-18(20)23/h5-11,19H,2-4,12-14H2,1H3,(H,24,26). The molecule has 1 aliphatic heterocycles. The Hall–Kier alpha value is -1.91. The molecule has 138 valence electrons. The number of nitrogens with zero attached hydrogens (tertiary/aromatic N) is 1. The average molecular weight is 375 g/mol. The van der Waals surface area contributed by atoms with Crippen molar-refractivity contribution in [1.82, 2.24) is 10.2 Å². The Morgan fingerprint density at radius 3 is 2.50 bits per heavy atom. The molecule has 1 N–H and O–H groups in total. The Morgan fingerprint density at radius 1 is 1.15 bits per heavy atom. The van der Waals surface area contributed by atoms with Crippen molar-refractivity contribution >= 4 is 17.5 Å². The second kappa shape index (κ2) is 8.65. The van der Waals surface area contributed by atoms with Gasteiger partial charge in [0.25, 0.3) is 5.91 Å². The zero-order valence-electron chi connectivity index (χ0n) is 15.0. The van der Waals surface area contributed by atoms with Crippen molar-refractivity contribution in [1.29, 1.82) is 0 Å². The lowest BCUT2D eigenvalue weighted by Gasteiger charge is -2.35. The van der Waals surface area contributed by atoms with E-state index in [4.69, 9.17) is 11.6 Å². The highest BCUT2D eigenvalue weighted by Crippen LogP contribution is 2.25. The van der Waals surface area contributed by atoms with Crippen molar-refractivity contribution in [3.8, 4) is 0 Å². The maximum absolute atomic E-state index is 14.0. The minimum Gasteiger partial charge on any atom is -0.350 e. The van der Waals surface area contributed by atoms with Crippen LogP contribution < -0.4 is 5.32 Å². The van der Waals surface area contributed by atoms with Crippen molar-refractivity contribution < 1.29 is 9.18 Å². The molecule has 1 unspecified atom stereocenters. The molecular formula is C21H24ClFN2O. The monoisotopic (exact) mass is 374 g/mol. The molecule has 0 radical (unpaired) electrons. The fourth-order valence-electron chi connectivity index (χ4n) is 3.47. The number of aryl methyl sites for hydroxylation is 1. The highest BCUT2D eigenvalue weighted by molar-refractivity contribution is 6.33. The molecule has 0 spiro atoms. The van der Waals surface area contributed by atoms with Crippen LogP contribution in [0.1, 0.15) is 46.8 Å². The number of rotatable bonds is 5. The van der Waals surface area contributed by atoms with Gasteiger partial charge in [-0.3, -0.25) is 9.69 Å². The normalized spacial score (nSPS) is 16.3. The third-order valence-corrected chi connectivity index (χ3v) is 5.25.